The lowest BCUT2D eigenvalue weighted by Crippen LogP contribution is -2.28. The highest BCUT2D eigenvalue weighted by Crippen LogP contribution is 2.16. The second-order valence-corrected chi connectivity index (χ2v) is 13.5. The van der Waals surface area contributed by atoms with Crippen molar-refractivity contribution in [1.82, 2.24) is 0 Å². The molecule has 43 heavy (non-hydrogen) atoms. The zero-order valence-electron chi connectivity index (χ0n) is 29.2. The van der Waals surface area contributed by atoms with Gasteiger partial charge in [-0.1, -0.05) is 181 Å². The molecule has 0 bridgehead atoms. The highest BCUT2D eigenvalue weighted by molar-refractivity contribution is 5.70. The summed E-state index contributed by atoms with van der Waals surface area (Å²) >= 11 is 0. The molecule has 5 heteroatoms. The predicted molar refractivity (Wildman–Crippen MR) is 182 cm³/mol. The van der Waals surface area contributed by atoms with Crippen LogP contribution in [0.5, 0.6) is 0 Å². The summed E-state index contributed by atoms with van der Waals surface area (Å²) in [5.41, 5.74) is 0. The molecule has 256 valence electrons. The first-order valence-corrected chi connectivity index (χ1v) is 19.0. The molecule has 0 aliphatic rings. The minimum atomic E-state index is -0.761. The third-order valence-electron chi connectivity index (χ3n) is 8.58. The summed E-state index contributed by atoms with van der Waals surface area (Å²) in [7, 11) is 0. The van der Waals surface area contributed by atoms with Gasteiger partial charge in [0.1, 0.15) is 6.61 Å². The molecule has 0 spiro atoms. The number of hydrogen-bond acceptors (Lipinski definition) is 5. The molecule has 0 aliphatic heterocycles. The minimum Gasteiger partial charge on any atom is -0.462 e. The predicted octanol–water partition coefficient (Wildman–Crippen LogP) is 11.4. The summed E-state index contributed by atoms with van der Waals surface area (Å²) in [5, 5.41) is 9.53. The largest absolute Gasteiger partial charge is 0.462 e. The zero-order chi connectivity index (χ0) is 31.6. The summed E-state index contributed by atoms with van der Waals surface area (Å²) in [6.45, 7) is 6.49. The molecule has 0 aromatic rings. The van der Waals surface area contributed by atoms with Crippen molar-refractivity contribution in [3.8, 4) is 0 Å². The molecule has 0 saturated carbocycles. The first kappa shape index (κ1) is 41.9. The molecule has 0 aromatic heterocycles. The van der Waals surface area contributed by atoms with E-state index in [1.165, 1.54) is 141 Å². The molecule has 0 rings (SSSR count). The second-order valence-electron chi connectivity index (χ2n) is 13.5. The molecule has 1 atom stereocenters. The highest BCUT2D eigenvalue weighted by Gasteiger charge is 2.16. The van der Waals surface area contributed by atoms with Crippen LogP contribution in [0.1, 0.15) is 207 Å². The van der Waals surface area contributed by atoms with E-state index >= 15 is 0 Å². The second kappa shape index (κ2) is 33.8. The molecule has 0 aromatic carbocycles. The molecular weight excluding hydrogens is 536 g/mol. The lowest BCUT2D eigenvalue weighted by atomic mass is 10.0. The SMILES string of the molecule is CCCCCCCCCCCCCCCCCC(=O)OC[C@H](CO)OC(=O)CCCCCCCCCCCCCC(C)C. The normalized spacial score (nSPS) is 12.1. The van der Waals surface area contributed by atoms with E-state index < -0.39 is 6.10 Å². The number of carbonyl (C=O) groups is 2. The van der Waals surface area contributed by atoms with Gasteiger partial charge in [-0.05, 0) is 18.8 Å². The molecule has 5 nitrogen and oxygen atoms in total. The van der Waals surface area contributed by atoms with E-state index in [-0.39, 0.29) is 25.2 Å². The molecular formula is C38H74O5. The molecule has 0 unspecified atom stereocenters. The van der Waals surface area contributed by atoms with Crippen LogP contribution in [0.3, 0.4) is 0 Å². The number of ether oxygens (including phenoxy) is 2. The molecule has 0 saturated heterocycles. The van der Waals surface area contributed by atoms with E-state index in [2.05, 4.69) is 20.8 Å². The maximum atomic E-state index is 12.1. The van der Waals surface area contributed by atoms with E-state index in [0.29, 0.717) is 12.8 Å². The van der Waals surface area contributed by atoms with Crippen molar-refractivity contribution >= 4 is 11.9 Å². The Bertz CT molecular complexity index is 591. The summed E-state index contributed by atoms with van der Waals surface area (Å²) in [6, 6.07) is 0. The van der Waals surface area contributed by atoms with Crippen LogP contribution in [-0.4, -0.2) is 36.4 Å². The van der Waals surface area contributed by atoms with Crippen LogP contribution in [0.25, 0.3) is 0 Å². The van der Waals surface area contributed by atoms with Gasteiger partial charge in [0.25, 0.3) is 0 Å². The fourth-order valence-electron chi connectivity index (χ4n) is 5.68. The van der Waals surface area contributed by atoms with E-state index in [1.807, 2.05) is 0 Å². The summed E-state index contributed by atoms with van der Waals surface area (Å²) in [5.74, 6) is 0.256. The number of unbranched alkanes of at least 4 members (excludes halogenated alkanes) is 24. The zero-order valence-corrected chi connectivity index (χ0v) is 29.2. The van der Waals surface area contributed by atoms with Gasteiger partial charge < -0.3 is 14.6 Å². The fourth-order valence-corrected chi connectivity index (χ4v) is 5.68. The van der Waals surface area contributed by atoms with Gasteiger partial charge in [0.05, 0.1) is 6.61 Å². The average molecular weight is 611 g/mol. The van der Waals surface area contributed by atoms with Crippen LogP contribution in [0.2, 0.25) is 0 Å². The minimum absolute atomic E-state index is 0.0580. The van der Waals surface area contributed by atoms with Crippen LogP contribution in [-0.2, 0) is 19.1 Å². The van der Waals surface area contributed by atoms with Gasteiger partial charge in [0.2, 0.25) is 0 Å². The lowest BCUT2D eigenvalue weighted by Gasteiger charge is -2.15. The Kier molecular flexibility index (Phi) is 32.9. The van der Waals surface area contributed by atoms with Crippen molar-refractivity contribution in [2.75, 3.05) is 13.2 Å². The van der Waals surface area contributed by atoms with E-state index in [1.54, 1.807) is 0 Å². The number of esters is 2. The molecule has 0 aliphatic carbocycles. The van der Waals surface area contributed by atoms with E-state index in [0.717, 1.165) is 38.0 Å². The van der Waals surface area contributed by atoms with Crippen LogP contribution < -0.4 is 0 Å². The van der Waals surface area contributed by atoms with Crippen molar-refractivity contribution in [3.05, 3.63) is 0 Å². The molecule has 0 radical (unpaired) electrons. The number of hydrogen-bond donors (Lipinski definition) is 1. The number of rotatable bonds is 34. The molecule has 0 heterocycles. The first-order chi connectivity index (χ1) is 21.0. The smallest absolute Gasteiger partial charge is 0.306 e. The van der Waals surface area contributed by atoms with Crippen LogP contribution in [0.4, 0.5) is 0 Å². The van der Waals surface area contributed by atoms with Gasteiger partial charge in [-0.25, -0.2) is 0 Å². The van der Waals surface area contributed by atoms with Crippen molar-refractivity contribution < 1.29 is 24.2 Å². The summed E-state index contributed by atoms with van der Waals surface area (Å²) < 4.78 is 10.6. The molecule has 0 fully saturated rings. The Morgan fingerprint density at radius 3 is 1.23 bits per heavy atom. The first-order valence-electron chi connectivity index (χ1n) is 19.0. The Labute approximate surface area is 268 Å². The Morgan fingerprint density at radius 2 is 0.860 bits per heavy atom. The van der Waals surface area contributed by atoms with Crippen molar-refractivity contribution in [1.29, 1.82) is 0 Å². The number of carbonyl (C=O) groups excluding carboxylic acids is 2. The van der Waals surface area contributed by atoms with E-state index in [9.17, 15) is 14.7 Å². The maximum absolute atomic E-state index is 12.1. The highest BCUT2D eigenvalue weighted by atomic mass is 16.6. The fraction of sp³-hybridized carbons (Fsp3) is 0.947. The topological polar surface area (TPSA) is 72.8 Å². The van der Waals surface area contributed by atoms with Crippen molar-refractivity contribution in [3.63, 3.8) is 0 Å². The van der Waals surface area contributed by atoms with Crippen molar-refractivity contribution in [2.45, 2.75) is 213 Å². The van der Waals surface area contributed by atoms with Gasteiger partial charge in [-0.2, -0.15) is 0 Å². The molecule has 0 amide bonds. The maximum Gasteiger partial charge on any atom is 0.306 e. The summed E-state index contributed by atoms with van der Waals surface area (Å²) in [6.07, 6.45) is 34.4. The Hall–Kier alpha value is -1.10. The quantitative estimate of drug-likeness (QED) is 0.0579. The third-order valence-corrected chi connectivity index (χ3v) is 8.58. The monoisotopic (exact) mass is 611 g/mol. The van der Waals surface area contributed by atoms with Crippen LogP contribution in [0.15, 0.2) is 0 Å². The average Bonchev–Trinajstić information content (AvgIpc) is 2.99. The van der Waals surface area contributed by atoms with Crippen LogP contribution in [0, 0.1) is 5.92 Å². The lowest BCUT2D eigenvalue weighted by molar-refractivity contribution is -0.161. The van der Waals surface area contributed by atoms with Gasteiger partial charge >= 0.3 is 11.9 Å². The number of aliphatic hydroxyl groups is 1. The van der Waals surface area contributed by atoms with Gasteiger partial charge in [-0.15, -0.1) is 0 Å². The third kappa shape index (κ3) is 33.6. The Balaban J connectivity index is 3.51. The Morgan fingerprint density at radius 1 is 0.512 bits per heavy atom. The van der Waals surface area contributed by atoms with E-state index in [4.69, 9.17) is 9.47 Å². The summed E-state index contributed by atoms with van der Waals surface area (Å²) in [4.78, 5) is 24.2. The standard InChI is InChI=1S/C38H74O5/c1-4-5-6-7-8-9-10-11-12-13-16-19-22-25-28-31-37(40)42-34-36(33-39)43-38(41)32-29-26-23-20-17-14-15-18-21-24-27-30-35(2)3/h35-36,39H,4-34H2,1-3H3/t36-/m0/s1. The van der Waals surface area contributed by atoms with Gasteiger partial charge in [0, 0.05) is 12.8 Å². The number of aliphatic hydroxyl groups excluding tert-OH is 1. The molecule has 1 N–H and O–H groups in total. The van der Waals surface area contributed by atoms with Crippen molar-refractivity contribution in [2.24, 2.45) is 5.92 Å². The van der Waals surface area contributed by atoms with Gasteiger partial charge in [-0.3, -0.25) is 9.59 Å². The van der Waals surface area contributed by atoms with Gasteiger partial charge in [0.15, 0.2) is 6.10 Å². The van der Waals surface area contributed by atoms with Crippen LogP contribution >= 0.6 is 0 Å².